The second kappa shape index (κ2) is 8.87. The number of amides is 1. The number of nitrogens with zero attached hydrogens (tertiary/aromatic N) is 2. The molecule has 0 saturated carbocycles. The van der Waals surface area contributed by atoms with Gasteiger partial charge in [0.1, 0.15) is 17.3 Å². The zero-order chi connectivity index (χ0) is 21.0. The zero-order valence-electron chi connectivity index (χ0n) is 15.0. The average molecular weight is 426 g/mol. The van der Waals surface area contributed by atoms with Crippen LogP contribution >= 0.6 is 11.6 Å². The summed E-state index contributed by atoms with van der Waals surface area (Å²) < 4.78 is 49.5. The minimum Gasteiger partial charge on any atom is -0.471 e. The van der Waals surface area contributed by atoms with Crippen molar-refractivity contribution in [3.8, 4) is 11.5 Å². The minimum atomic E-state index is -3.02. The molecule has 3 rings (SSSR count). The van der Waals surface area contributed by atoms with Crippen molar-refractivity contribution in [2.45, 2.75) is 20.3 Å². The third-order valence-corrected chi connectivity index (χ3v) is 4.02. The van der Waals surface area contributed by atoms with Gasteiger partial charge in [-0.3, -0.25) is 4.79 Å². The van der Waals surface area contributed by atoms with Crippen LogP contribution in [-0.4, -0.2) is 22.3 Å². The van der Waals surface area contributed by atoms with E-state index in [1.807, 2.05) is 0 Å². The first-order valence-corrected chi connectivity index (χ1v) is 8.68. The summed E-state index contributed by atoms with van der Waals surface area (Å²) in [5, 5.41) is 6.46. The summed E-state index contributed by atoms with van der Waals surface area (Å²) >= 11 is 5.68. The molecule has 1 amide bonds. The molecule has 0 fully saturated rings. The van der Waals surface area contributed by atoms with Crippen LogP contribution < -0.4 is 14.8 Å². The lowest BCUT2D eigenvalue weighted by molar-refractivity contribution is -0.0494. The average Bonchev–Trinajstić information content (AvgIpc) is 3.13. The summed E-state index contributed by atoms with van der Waals surface area (Å²) in [6.45, 7) is -1.37. The smallest absolute Gasteiger partial charge is 0.387 e. The molecular formula is C19H15ClF3N3O3. The van der Waals surface area contributed by atoms with Gasteiger partial charge in [-0.2, -0.15) is 13.9 Å². The van der Waals surface area contributed by atoms with Crippen molar-refractivity contribution < 1.29 is 27.4 Å². The van der Waals surface area contributed by atoms with E-state index in [4.69, 9.17) is 16.3 Å². The molecule has 0 bridgehead atoms. The van der Waals surface area contributed by atoms with E-state index < -0.39 is 18.3 Å². The monoisotopic (exact) mass is 425 g/mol. The standard InChI is InChI=1S/C19H15ClF3N3O3/c1-11-2-5-15(17(8-11)29-19(22)23)24-18(27)16-6-7-26(25-16)10-28-12-3-4-14(21)13(20)9-12/h2-9,19H,10H2,1H3,(H,24,27). The first kappa shape index (κ1) is 20.5. The number of anilines is 1. The highest BCUT2D eigenvalue weighted by molar-refractivity contribution is 6.30. The molecule has 0 aliphatic rings. The van der Waals surface area contributed by atoms with E-state index in [9.17, 15) is 18.0 Å². The summed E-state index contributed by atoms with van der Waals surface area (Å²) in [5.41, 5.74) is 0.822. The molecule has 3 aromatic rings. The van der Waals surface area contributed by atoms with Gasteiger partial charge >= 0.3 is 6.61 Å². The summed E-state index contributed by atoms with van der Waals surface area (Å²) in [6, 6.07) is 9.81. The maximum atomic E-state index is 13.2. The second-order valence-electron chi connectivity index (χ2n) is 5.92. The number of ether oxygens (including phenoxy) is 2. The molecule has 0 spiro atoms. The van der Waals surface area contributed by atoms with E-state index in [1.165, 1.54) is 47.3 Å². The van der Waals surface area contributed by atoms with Gasteiger partial charge in [0.15, 0.2) is 12.4 Å². The van der Waals surface area contributed by atoms with Crippen molar-refractivity contribution in [2.75, 3.05) is 5.32 Å². The maximum Gasteiger partial charge on any atom is 0.387 e. The molecule has 0 aliphatic carbocycles. The zero-order valence-corrected chi connectivity index (χ0v) is 15.8. The largest absolute Gasteiger partial charge is 0.471 e. The molecule has 29 heavy (non-hydrogen) atoms. The van der Waals surface area contributed by atoms with Gasteiger partial charge in [-0.05, 0) is 42.8 Å². The molecule has 1 aromatic heterocycles. The molecule has 6 nitrogen and oxygen atoms in total. The molecule has 2 aromatic carbocycles. The third-order valence-electron chi connectivity index (χ3n) is 3.73. The van der Waals surface area contributed by atoms with Crippen LogP contribution in [0.2, 0.25) is 5.02 Å². The summed E-state index contributed by atoms with van der Waals surface area (Å²) in [5.74, 6) is -1.00. The number of benzene rings is 2. The van der Waals surface area contributed by atoms with Gasteiger partial charge < -0.3 is 14.8 Å². The van der Waals surface area contributed by atoms with Gasteiger partial charge in [-0.1, -0.05) is 17.7 Å². The third kappa shape index (κ3) is 5.41. The number of hydrogen-bond acceptors (Lipinski definition) is 4. The Morgan fingerprint density at radius 1 is 1.24 bits per heavy atom. The van der Waals surface area contributed by atoms with Gasteiger partial charge in [-0.15, -0.1) is 0 Å². The molecule has 10 heteroatoms. The number of aromatic nitrogens is 2. The summed E-state index contributed by atoms with van der Waals surface area (Å²) in [4.78, 5) is 12.4. The first-order valence-electron chi connectivity index (χ1n) is 8.30. The van der Waals surface area contributed by atoms with Crippen molar-refractivity contribution in [1.29, 1.82) is 0 Å². The number of rotatable bonds is 7. The fourth-order valence-corrected chi connectivity index (χ4v) is 2.55. The van der Waals surface area contributed by atoms with E-state index in [0.717, 1.165) is 0 Å². The first-order chi connectivity index (χ1) is 13.8. The Balaban J connectivity index is 1.66. The number of carbonyl (C=O) groups is 1. The molecule has 0 aliphatic heterocycles. The Hall–Kier alpha value is -3.20. The van der Waals surface area contributed by atoms with E-state index in [2.05, 4.69) is 15.2 Å². The topological polar surface area (TPSA) is 65.4 Å². The Morgan fingerprint density at radius 2 is 2.03 bits per heavy atom. The number of carbonyl (C=O) groups excluding carboxylic acids is 1. The summed E-state index contributed by atoms with van der Waals surface area (Å²) in [6.07, 6.45) is 1.49. The normalized spacial score (nSPS) is 10.8. The SMILES string of the molecule is Cc1ccc(NC(=O)c2ccn(COc3ccc(F)c(Cl)c3)n2)c(OC(F)F)c1. The highest BCUT2D eigenvalue weighted by atomic mass is 35.5. The molecule has 152 valence electrons. The van der Waals surface area contributed by atoms with Gasteiger partial charge in [-0.25, -0.2) is 9.07 Å². The Morgan fingerprint density at radius 3 is 2.76 bits per heavy atom. The van der Waals surface area contributed by atoms with Crippen LogP contribution in [0.25, 0.3) is 0 Å². The van der Waals surface area contributed by atoms with Crippen molar-refractivity contribution in [2.24, 2.45) is 0 Å². The predicted octanol–water partition coefficient (Wildman–Crippen LogP) is 4.87. The van der Waals surface area contributed by atoms with E-state index in [1.54, 1.807) is 13.0 Å². The van der Waals surface area contributed by atoms with Gasteiger partial charge in [0, 0.05) is 12.3 Å². The Bertz CT molecular complexity index is 1030. The van der Waals surface area contributed by atoms with E-state index in [-0.39, 0.29) is 28.9 Å². The van der Waals surface area contributed by atoms with Crippen molar-refractivity contribution in [1.82, 2.24) is 9.78 Å². The van der Waals surface area contributed by atoms with E-state index in [0.29, 0.717) is 11.3 Å². The van der Waals surface area contributed by atoms with Crippen molar-refractivity contribution >= 4 is 23.2 Å². The molecule has 0 atom stereocenters. The van der Waals surface area contributed by atoms with Crippen LogP contribution in [0.3, 0.4) is 0 Å². The summed E-state index contributed by atoms with van der Waals surface area (Å²) in [7, 11) is 0. The van der Waals surface area contributed by atoms with Gasteiger partial charge in [0.2, 0.25) is 0 Å². The highest BCUT2D eigenvalue weighted by Crippen LogP contribution is 2.28. The lowest BCUT2D eigenvalue weighted by atomic mass is 10.2. The molecule has 1 heterocycles. The predicted molar refractivity (Wildman–Crippen MR) is 100 cm³/mol. The number of nitrogens with one attached hydrogen (secondary N) is 1. The lowest BCUT2D eigenvalue weighted by Crippen LogP contribution is -2.15. The number of alkyl halides is 2. The van der Waals surface area contributed by atoms with Crippen LogP contribution in [0.4, 0.5) is 18.9 Å². The lowest BCUT2D eigenvalue weighted by Gasteiger charge is -2.12. The maximum absolute atomic E-state index is 13.2. The van der Waals surface area contributed by atoms with Crippen LogP contribution in [0, 0.1) is 12.7 Å². The number of halogens is 4. The highest BCUT2D eigenvalue weighted by Gasteiger charge is 2.15. The van der Waals surface area contributed by atoms with Crippen LogP contribution in [0.1, 0.15) is 16.1 Å². The Labute approximate surface area is 168 Å². The molecule has 0 radical (unpaired) electrons. The number of hydrogen-bond donors (Lipinski definition) is 1. The molecule has 0 saturated heterocycles. The second-order valence-corrected chi connectivity index (χ2v) is 6.33. The Kier molecular flexibility index (Phi) is 6.28. The molecule has 0 unspecified atom stereocenters. The van der Waals surface area contributed by atoms with Crippen molar-refractivity contribution in [3.05, 3.63) is 70.8 Å². The van der Waals surface area contributed by atoms with Crippen LogP contribution in [0.5, 0.6) is 11.5 Å². The van der Waals surface area contributed by atoms with Crippen LogP contribution in [-0.2, 0) is 6.73 Å². The van der Waals surface area contributed by atoms with Crippen LogP contribution in [0.15, 0.2) is 48.7 Å². The van der Waals surface area contributed by atoms with Gasteiger partial charge in [0.05, 0.1) is 10.7 Å². The van der Waals surface area contributed by atoms with E-state index >= 15 is 0 Å². The number of aryl methyl sites for hydroxylation is 1. The molecular weight excluding hydrogens is 411 g/mol. The molecule has 1 N–H and O–H groups in total. The fourth-order valence-electron chi connectivity index (χ4n) is 2.37. The quantitative estimate of drug-likeness (QED) is 0.586. The minimum absolute atomic E-state index is 0.0364. The van der Waals surface area contributed by atoms with Crippen molar-refractivity contribution in [3.63, 3.8) is 0 Å². The fraction of sp³-hybridized carbons (Fsp3) is 0.158. The van der Waals surface area contributed by atoms with Gasteiger partial charge in [0.25, 0.3) is 5.91 Å².